The monoisotopic (exact) mass is 513 g/mol. The van der Waals surface area contributed by atoms with E-state index in [9.17, 15) is 9.18 Å². The van der Waals surface area contributed by atoms with Crippen LogP contribution in [0.4, 0.5) is 14.9 Å². The second kappa shape index (κ2) is 12.0. The second-order valence-electron chi connectivity index (χ2n) is 10.5. The number of hydrogen-bond acceptors (Lipinski definition) is 3. The van der Waals surface area contributed by atoms with Gasteiger partial charge in [0.15, 0.2) is 0 Å². The molecule has 6 nitrogen and oxygen atoms in total. The molecule has 0 aliphatic carbocycles. The van der Waals surface area contributed by atoms with E-state index in [0.717, 1.165) is 16.8 Å². The van der Waals surface area contributed by atoms with Gasteiger partial charge in [-0.1, -0.05) is 99.6 Å². The molecule has 2 atom stereocenters. The minimum atomic E-state index is -1.38. The fraction of sp³-hybridized carbons (Fsp3) is 0.290. The first-order chi connectivity index (χ1) is 18.3. The molecule has 0 bridgehead atoms. The first kappa shape index (κ1) is 27.1. The molecule has 0 saturated carbocycles. The van der Waals surface area contributed by atoms with Crippen LogP contribution in [0.5, 0.6) is 0 Å². The largest absolute Gasteiger partial charge is 0.328 e. The average molecular weight is 514 g/mol. The Morgan fingerprint density at radius 1 is 0.974 bits per heavy atom. The molecule has 0 radical (unpaired) electrons. The summed E-state index contributed by atoms with van der Waals surface area (Å²) in [7, 11) is 0. The van der Waals surface area contributed by atoms with Crippen molar-refractivity contribution in [2.24, 2.45) is 11.1 Å². The van der Waals surface area contributed by atoms with Crippen molar-refractivity contribution >= 4 is 11.7 Å². The summed E-state index contributed by atoms with van der Waals surface area (Å²) in [5.41, 5.74) is 8.71. The lowest BCUT2D eigenvalue weighted by atomic mass is 9.84. The molecule has 7 heteroatoms. The number of nitrogens with two attached hydrogens (primary N) is 1. The SMILES string of the molecule is CC(C)(C)[C@H](c1nc(-c2ccccc2)cn1Cc1ccccc1)N(C[C@H](F)CN)C(=O)Nc1ccccc1. The number of para-hydroxylation sites is 1. The highest BCUT2D eigenvalue weighted by Gasteiger charge is 2.39. The maximum atomic E-state index is 14.9. The molecule has 0 aliphatic heterocycles. The highest BCUT2D eigenvalue weighted by atomic mass is 19.1. The number of rotatable bonds is 9. The number of amides is 2. The minimum Gasteiger partial charge on any atom is -0.328 e. The van der Waals surface area contributed by atoms with Crippen molar-refractivity contribution in [2.45, 2.75) is 39.5 Å². The van der Waals surface area contributed by atoms with Crippen LogP contribution >= 0.6 is 0 Å². The van der Waals surface area contributed by atoms with Gasteiger partial charge in [0.2, 0.25) is 0 Å². The maximum Gasteiger partial charge on any atom is 0.322 e. The molecule has 38 heavy (non-hydrogen) atoms. The molecule has 3 aromatic carbocycles. The van der Waals surface area contributed by atoms with Gasteiger partial charge in [-0.25, -0.2) is 14.2 Å². The van der Waals surface area contributed by atoms with Crippen molar-refractivity contribution < 1.29 is 9.18 Å². The van der Waals surface area contributed by atoms with Gasteiger partial charge in [-0.15, -0.1) is 0 Å². The van der Waals surface area contributed by atoms with Crippen molar-refractivity contribution in [3.63, 3.8) is 0 Å². The standard InChI is InChI=1S/C31H36FN5O/c1-31(2,3)28(37(21-25(32)19-33)30(38)34-26-17-11-6-12-18-26)29-35-27(24-15-9-5-10-16-24)22-36(29)20-23-13-7-4-8-14-23/h4-18,22,25,28H,19-21,33H2,1-3H3,(H,34,38)/t25-,28+/m1/s1. The maximum absolute atomic E-state index is 14.9. The normalized spacial score (nSPS) is 13.1. The Hall–Kier alpha value is -3.97. The van der Waals surface area contributed by atoms with E-state index in [-0.39, 0.29) is 13.1 Å². The Morgan fingerprint density at radius 2 is 1.55 bits per heavy atom. The summed E-state index contributed by atoms with van der Waals surface area (Å²) < 4.78 is 17.0. The number of carbonyl (C=O) groups is 1. The predicted molar refractivity (Wildman–Crippen MR) is 152 cm³/mol. The van der Waals surface area contributed by atoms with Gasteiger partial charge in [0, 0.05) is 30.5 Å². The molecule has 4 rings (SSSR count). The van der Waals surface area contributed by atoms with Crippen LogP contribution in [-0.4, -0.2) is 39.7 Å². The molecule has 0 saturated heterocycles. The number of halogens is 1. The smallest absolute Gasteiger partial charge is 0.322 e. The lowest BCUT2D eigenvalue weighted by molar-refractivity contribution is 0.0960. The summed E-state index contributed by atoms with van der Waals surface area (Å²) >= 11 is 0. The summed E-state index contributed by atoms with van der Waals surface area (Å²) in [5, 5.41) is 2.94. The Kier molecular flexibility index (Phi) is 8.59. The topological polar surface area (TPSA) is 76.2 Å². The fourth-order valence-electron chi connectivity index (χ4n) is 4.61. The first-order valence-electron chi connectivity index (χ1n) is 12.9. The van der Waals surface area contributed by atoms with Crippen LogP contribution in [0.2, 0.25) is 0 Å². The van der Waals surface area contributed by atoms with Gasteiger partial charge in [0.25, 0.3) is 0 Å². The van der Waals surface area contributed by atoms with Gasteiger partial charge in [-0.3, -0.25) is 0 Å². The van der Waals surface area contributed by atoms with E-state index in [1.165, 1.54) is 0 Å². The Morgan fingerprint density at radius 3 is 2.13 bits per heavy atom. The number of hydrogen-bond donors (Lipinski definition) is 2. The molecule has 0 spiro atoms. The molecule has 198 valence electrons. The number of nitrogens with one attached hydrogen (secondary N) is 1. The zero-order chi connectivity index (χ0) is 27.1. The third-order valence-corrected chi connectivity index (χ3v) is 6.39. The lowest BCUT2D eigenvalue weighted by Crippen LogP contribution is -2.48. The number of aromatic nitrogens is 2. The Labute approximate surface area is 224 Å². The summed E-state index contributed by atoms with van der Waals surface area (Å²) in [6, 6.07) is 28.3. The Bertz CT molecular complexity index is 1300. The summed E-state index contributed by atoms with van der Waals surface area (Å²) in [6.45, 7) is 6.35. The minimum absolute atomic E-state index is 0.157. The molecule has 2 amide bonds. The number of benzene rings is 3. The summed E-state index contributed by atoms with van der Waals surface area (Å²) in [4.78, 5) is 20.4. The van der Waals surface area contributed by atoms with Crippen molar-refractivity contribution in [1.29, 1.82) is 0 Å². The molecule has 3 N–H and O–H groups in total. The van der Waals surface area contributed by atoms with Gasteiger partial charge in [0.05, 0.1) is 18.3 Å². The number of nitrogens with zero attached hydrogens (tertiary/aromatic N) is 3. The lowest BCUT2D eigenvalue weighted by Gasteiger charge is -2.40. The van der Waals surface area contributed by atoms with Crippen molar-refractivity contribution in [2.75, 3.05) is 18.4 Å². The number of anilines is 1. The summed E-state index contributed by atoms with van der Waals surface area (Å²) in [5.74, 6) is 0.688. The van der Waals surface area contributed by atoms with E-state index in [0.29, 0.717) is 18.1 Å². The van der Waals surface area contributed by atoms with E-state index in [4.69, 9.17) is 10.7 Å². The van der Waals surface area contributed by atoms with Gasteiger partial charge in [-0.2, -0.15) is 0 Å². The van der Waals surface area contributed by atoms with Crippen LogP contribution in [0, 0.1) is 5.41 Å². The molecule has 1 heterocycles. The molecule has 0 fully saturated rings. The molecule has 0 unspecified atom stereocenters. The fourth-order valence-corrected chi connectivity index (χ4v) is 4.61. The number of imidazole rings is 1. The van der Waals surface area contributed by atoms with E-state index in [1.807, 2.05) is 106 Å². The highest BCUT2D eigenvalue weighted by Crippen LogP contribution is 2.39. The molecular formula is C31H36FN5O. The third-order valence-electron chi connectivity index (χ3n) is 6.39. The van der Waals surface area contributed by atoms with Crippen molar-refractivity contribution in [3.05, 3.63) is 109 Å². The summed E-state index contributed by atoms with van der Waals surface area (Å²) in [6.07, 6.45) is 0.631. The van der Waals surface area contributed by atoms with Gasteiger partial charge >= 0.3 is 6.03 Å². The van der Waals surface area contributed by atoms with Gasteiger partial charge < -0.3 is 20.5 Å². The van der Waals surface area contributed by atoms with Crippen LogP contribution in [0.3, 0.4) is 0 Å². The van der Waals surface area contributed by atoms with Crippen LogP contribution in [-0.2, 0) is 6.54 Å². The zero-order valence-corrected chi connectivity index (χ0v) is 22.2. The van der Waals surface area contributed by atoms with E-state index in [2.05, 4.69) is 22.0 Å². The molecule has 1 aromatic heterocycles. The van der Waals surface area contributed by atoms with Crippen molar-refractivity contribution in [3.8, 4) is 11.3 Å². The number of carbonyl (C=O) groups excluding carboxylic acids is 1. The van der Waals surface area contributed by atoms with E-state index < -0.39 is 23.7 Å². The average Bonchev–Trinajstić information content (AvgIpc) is 3.32. The van der Waals surface area contributed by atoms with Gasteiger partial charge in [0.1, 0.15) is 12.0 Å². The van der Waals surface area contributed by atoms with Crippen LogP contribution in [0.25, 0.3) is 11.3 Å². The number of alkyl halides is 1. The van der Waals surface area contributed by atoms with E-state index >= 15 is 0 Å². The molecular weight excluding hydrogens is 477 g/mol. The van der Waals surface area contributed by atoms with Crippen LogP contribution < -0.4 is 11.1 Å². The first-order valence-corrected chi connectivity index (χ1v) is 12.9. The number of urea groups is 1. The van der Waals surface area contributed by atoms with Crippen molar-refractivity contribution in [1.82, 2.24) is 14.5 Å². The van der Waals surface area contributed by atoms with E-state index in [1.54, 1.807) is 4.90 Å². The highest BCUT2D eigenvalue weighted by molar-refractivity contribution is 5.89. The van der Waals surface area contributed by atoms with Gasteiger partial charge in [-0.05, 0) is 23.1 Å². The predicted octanol–water partition coefficient (Wildman–Crippen LogP) is 6.52. The third kappa shape index (κ3) is 6.66. The molecule has 4 aromatic rings. The second-order valence-corrected chi connectivity index (χ2v) is 10.5. The van der Waals surface area contributed by atoms with Crippen LogP contribution in [0.15, 0.2) is 97.2 Å². The zero-order valence-electron chi connectivity index (χ0n) is 22.2. The Balaban J connectivity index is 1.83. The molecule has 0 aliphatic rings. The van der Waals surface area contributed by atoms with Crippen LogP contribution in [0.1, 0.15) is 38.2 Å². The quantitative estimate of drug-likeness (QED) is 0.268.